The van der Waals surface area contributed by atoms with Crippen LogP contribution >= 0.6 is 0 Å². The van der Waals surface area contributed by atoms with Gasteiger partial charge in [0.1, 0.15) is 0 Å². The van der Waals surface area contributed by atoms with Crippen molar-refractivity contribution in [1.82, 2.24) is 10.4 Å². The molecule has 1 aliphatic rings. The molecule has 27 heavy (non-hydrogen) atoms. The van der Waals surface area contributed by atoms with Crippen LogP contribution in [0.15, 0.2) is 78.9 Å². The minimum atomic E-state index is -1.83. The zero-order valence-electron chi connectivity index (χ0n) is 15.0. The van der Waals surface area contributed by atoms with Crippen molar-refractivity contribution in [3.8, 4) is 11.1 Å². The highest BCUT2D eigenvalue weighted by Gasteiger charge is 2.30. The standard InChI is InChI=1S/C21H20N2.CH2O3/c1-23(22-15-16-9-3-2-4-10-16)21-19-13-7-5-11-17(19)18-12-6-8-14-20(18)21;2-1(3)4/h2-14,21-22H,15H2,1H3;(H2,2,3,4). The second-order valence-electron chi connectivity index (χ2n) is 6.29. The fourth-order valence-corrected chi connectivity index (χ4v) is 3.45. The van der Waals surface area contributed by atoms with Crippen LogP contribution in [0.4, 0.5) is 4.79 Å². The van der Waals surface area contributed by atoms with Gasteiger partial charge in [-0.2, -0.15) is 0 Å². The van der Waals surface area contributed by atoms with E-state index in [9.17, 15) is 0 Å². The summed E-state index contributed by atoms with van der Waals surface area (Å²) in [6.07, 6.45) is -1.83. The SMILES string of the molecule is CN(NCc1ccccc1)C1c2ccccc2-c2ccccc21.O=C(O)O. The molecule has 0 aliphatic heterocycles. The quantitative estimate of drug-likeness (QED) is 0.591. The number of benzene rings is 3. The maximum absolute atomic E-state index is 8.56. The van der Waals surface area contributed by atoms with Crippen molar-refractivity contribution < 1.29 is 15.0 Å². The largest absolute Gasteiger partial charge is 0.503 e. The highest BCUT2D eigenvalue weighted by atomic mass is 16.6. The van der Waals surface area contributed by atoms with Crippen molar-refractivity contribution in [3.05, 3.63) is 95.6 Å². The molecule has 0 aromatic heterocycles. The number of carbonyl (C=O) groups is 1. The molecule has 0 bridgehead atoms. The molecule has 5 heteroatoms. The Morgan fingerprint density at radius 1 is 0.852 bits per heavy atom. The third kappa shape index (κ3) is 4.34. The topological polar surface area (TPSA) is 72.8 Å². The Balaban J connectivity index is 0.000000481. The van der Waals surface area contributed by atoms with Gasteiger partial charge in [-0.3, -0.25) is 5.43 Å². The molecule has 5 nitrogen and oxygen atoms in total. The molecule has 4 rings (SSSR count). The lowest BCUT2D eigenvalue weighted by Gasteiger charge is -2.27. The van der Waals surface area contributed by atoms with E-state index in [1.165, 1.54) is 27.8 Å². The molecule has 0 spiro atoms. The molecule has 0 saturated heterocycles. The molecule has 0 heterocycles. The van der Waals surface area contributed by atoms with Gasteiger partial charge in [0.05, 0.1) is 6.04 Å². The fraction of sp³-hybridized carbons (Fsp3) is 0.136. The summed E-state index contributed by atoms with van der Waals surface area (Å²) in [5.41, 5.74) is 10.3. The first-order valence-electron chi connectivity index (χ1n) is 8.68. The summed E-state index contributed by atoms with van der Waals surface area (Å²) >= 11 is 0. The Morgan fingerprint density at radius 3 is 1.81 bits per heavy atom. The smallest absolute Gasteiger partial charge is 0.450 e. The van der Waals surface area contributed by atoms with E-state index in [1.54, 1.807) is 0 Å². The molecule has 3 aromatic rings. The van der Waals surface area contributed by atoms with E-state index in [-0.39, 0.29) is 6.04 Å². The molecule has 3 aromatic carbocycles. The number of hydrazine groups is 1. The Hall–Kier alpha value is -3.15. The molecule has 0 amide bonds. The molecular weight excluding hydrogens is 340 g/mol. The van der Waals surface area contributed by atoms with Crippen molar-refractivity contribution in [2.75, 3.05) is 7.05 Å². The summed E-state index contributed by atoms with van der Waals surface area (Å²) in [6, 6.07) is 28.2. The second kappa shape index (κ2) is 8.49. The Kier molecular flexibility index (Phi) is 5.86. The first-order chi connectivity index (χ1) is 13.1. The second-order valence-corrected chi connectivity index (χ2v) is 6.29. The van der Waals surface area contributed by atoms with Gasteiger partial charge in [-0.15, -0.1) is 0 Å². The highest BCUT2D eigenvalue weighted by molar-refractivity contribution is 5.78. The summed E-state index contributed by atoms with van der Waals surface area (Å²) in [4.78, 5) is 8.56. The van der Waals surface area contributed by atoms with E-state index in [2.05, 4.69) is 96.3 Å². The number of nitrogens with one attached hydrogen (secondary N) is 1. The lowest BCUT2D eigenvalue weighted by Crippen LogP contribution is -2.37. The van der Waals surface area contributed by atoms with Gasteiger partial charge in [-0.25, -0.2) is 9.80 Å². The van der Waals surface area contributed by atoms with Crippen molar-refractivity contribution in [2.24, 2.45) is 0 Å². The molecule has 0 saturated carbocycles. The molecule has 1 aliphatic carbocycles. The van der Waals surface area contributed by atoms with E-state index in [0.717, 1.165) is 6.54 Å². The molecule has 0 atom stereocenters. The molecular formula is C22H22N2O3. The summed E-state index contributed by atoms with van der Waals surface area (Å²) in [5, 5.41) is 16.2. The van der Waals surface area contributed by atoms with E-state index >= 15 is 0 Å². The predicted octanol–water partition coefficient (Wildman–Crippen LogP) is 4.62. The van der Waals surface area contributed by atoms with Gasteiger partial charge in [0.2, 0.25) is 0 Å². The number of rotatable bonds is 4. The van der Waals surface area contributed by atoms with E-state index < -0.39 is 6.16 Å². The third-order valence-electron chi connectivity index (χ3n) is 4.56. The summed E-state index contributed by atoms with van der Waals surface area (Å²) in [7, 11) is 2.13. The average molecular weight is 362 g/mol. The van der Waals surface area contributed by atoms with Gasteiger partial charge in [-0.1, -0.05) is 78.9 Å². The van der Waals surface area contributed by atoms with Crippen LogP contribution in [0.2, 0.25) is 0 Å². The molecule has 0 radical (unpaired) electrons. The van der Waals surface area contributed by atoms with Gasteiger partial charge in [0.25, 0.3) is 0 Å². The average Bonchev–Trinajstić information content (AvgIpc) is 3.01. The van der Waals surface area contributed by atoms with Crippen LogP contribution in [0.25, 0.3) is 11.1 Å². The monoisotopic (exact) mass is 362 g/mol. The normalized spacial score (nSPS) is 12.1. The maximum atomic E-state index is 8.56. The lowest BCUT2D eigenvalue weighted by atomic mass is 10.1. The van der Waals surface area contributed by atoms with Crippen molar-refractivity contribution >= 4 is 6.16 Å². The molecule has 0 fully saturated rings. The summed E-state index contributed by atoms with van der Waals surface area (Å²) in [6.45, 7) is 0.832. The van der Waals surface area contributed by atoms with Gasteiger partial charge >= 0.3 is 6.16 Å². The molecule has 3 N–H and O–H groups in total. The number of hydrogen-bond acceptors (Lipinski definition) is 3. The third-order valence-corrected chi connectivity index (χ3v) is 4.56. The van der Waals surface area contributed by atoms with Crippen LogP contribution in [0, 0.1) is 0 Å². The maximum Gasteiger partial charge on any atom is 0.503 e. The van der Waals surface area contributed by atoms with Crippen LogP contribution in [0.5, 0.6) is 0 Å². The number of nitrogens with zero attached hydrogens (tertiary/aromatic N) is 1. The highest BCUT2D eigenvalue weighted by Crippen LogP contribution is 2.45. The minimum absolute atomic E-state index is 0.256. The summed E-state index contributed by atoms with van der Waals surface area (Å²) < 4.78 is 0. The molecule has 0 unspecified atom stereocenters. The van der Waals surface area contributed by atoms with Gasteiger partial charge in [0.15, 0.2) is 0 Å². The van der Waals surface area contributed by atoms with Crippen LogP contribution in [-0.2, 0) is 6.54 Å². The van der Waals surface area contributed by atoms with Crippen LogP contribution in [0.3, 0.4) is 0 Å². The zero-order valence-corrected chi connectivity index (χ0v) is 15.0. The van der Waals surface area contributed by atoms with Crippen LogP contribution in [0.1, 0.15) is 22.7 Å². The number of hydrogen-bond donors (Lipinski definition) is 3. The van der Waals surface area contributed by atoms with E-state index in [0.29, 0.717) is 0 Å². The van der Waals surface area contributed by atoms with Crippen molar-refractivity contribution in [3.63, 3.8) is 0 Å². The van der Waals surface area contributed by atoms with Crippen LogP contribution < -0.4 is 5.43 Å². The zero-order chi connectivity index (χ0) is 19.2. The minimum Gasteiger partial charge on any atom is -0.450 e. The first kappa shape index (κ1) is 18.6. The van der Waals surface area contributed by atoms with E-state index in [4.69, 9.17) is 15.0 Å². The van der Waals surface area contributed by atoms with Crippen molar-refractivity contribution in [1.29, 1.82) is 0 Å². The van der Waals surface area contributed by atoms with Crippen molar-refractivity contribution in [2.45, 2.75) is 12.6 Å². The Labute approximate surface area is 158 Å². The van der Waals surface area contributed by atoms with E-state index in [1.807, 2.05) is 0 Å². The number of fused-ring (bicyclic) bond motifs is 3. The fourth-order valence-electron chi connectivity index (χ4n) is 3.45. The lowest BCUT2D eigenvalue weighted by molar-refractivity contribution is 0.137. The Morgan fingerprint density at radius 2 is 1.30 bits per heavy atom. The van der Waals surface area contributed by atoms with Gasteiger partial charge < -0.3 is 10.2 Å². The summed E-state index contributed by atoms with van der Waals surface area (Å²) in [5.74, 6) is 0. The number of carboxylic acid groups (broad SMARTS) is 2. The molecule has 138 valence electrons. The van der Waals surface area contributed by atoms with Gasteiger partial charge in [-0.05, 0) is 27.8 Å². The Bertz CT molecular complexity index is 863. The first-order valence-corrected chi connectivity index (χ1v) is 8.68. The van der Waals surface area contributed by atoms with Gasteiger partial charge in [0, 0.05) is 13.6 Å². The predicted molar refractivity (Wildman–Crippen MR) is 105 cm³/mol. The van der Waals surface area contributed by atoms with Crippen LogP contribution in [-0.4, -0.2) is 28.4 Å².